The van der Waals surface area contributed by atoms with Crippen molar-refractivity contribution in [2.75, 3.05) is 11.9 Å². The van der Waals surface area contributed by atoms with E-state index in [1.54, 1.807) is 29.6 Å². The van der Waals surface area contributed by atoms with E-state index in [0.717, 1.165) is 16.9 Å². The van der Waals surface area contributed by atoms with E-state index in [-0.39, 0.29) is 5.13 Å². The van der Waals surface area contributed by atoms with Gasteiger partial charge in [0.05, 0.1) is 17.3 Å². The van der Waals surface area contributed by atoms with Crippen molar-refractivity contribution in [1.82, 2.24) is 4.98 Å². The third kappa shape index (κ3) is 3.69. The summed E-state index contributed by atoms with van der Waals surface area (Å²) >= 11 is 1.11. The van der Waals surface area contributed by atoms with Crippen molar-refractivity contribution in [1.29, 1.82) is 5.26 Å². The highest BCUT2D eigenvalue weighted by molar-refractivity contribution is 7.14. The first kappa shape index (κ1) is 13.4. The molecule has 0 atom stereocenters. The summed E-state index contributed by atoms with van der Waals surface area (Å²) in [7, 11) is 0. The third-order valence-corrected chi connectivity index (χ3v) is 3.05. The van der Waals surface area contributed by atoms with Crippen LogP contribution in [0.5, 0.6) is 0 Å². The van der Waals surface area contributed by atoms with E-state index < -0.39 is 12.7 Å². The molecule has 0 bridgehead atoms. The Balaban J connectivity index is 2.10. The maximum Gasteiger partial charge on any atom is 0.405 e. The molecule has 2 rings (SSSR count). The van der Waals surface area contributed by atoms with Crippen molar-refractivity contribution < 1.29 is 13.2 Å². The van der Waals surface area contributed by atoms with Crippen molar-refractivity contribution in [3.8, 4) is 17.3 Å². The minimum absolute atomic E-state index is 0.219. The average molecular weight is 283 g/mol. The summed E-state index contributed by atoms with van der Waals surface area (Å²) in [6, 6.07) is 8.68. The fourth-order valence-corrected chi connectivity index (χ4v) is 2.10. The summed E-state index contributed by atoms with van der Waals surface area (Å²) in [5.74, 6) is 0. The molecule has 1 aromatic carbocycles. The molecule has 0 saturated heterocycles. The van der Waals surface area contributed by atoms with Gasteiger partial charge in [-0.05, 0) is 12.1 Å². The zero-order valence-corrected chi connectivity index (χ0v) is 10.3. The van der Waals surface area contributed by atoms with Crippen LogP contribution in [0.4, 0.5) is 18.3 Å². The Labute approximate surface area is 111 Å². The Bertz CT molecular complexity index is 596. The molecule has 0 saturated carbocycles. The lowest BCUT2D eigenvalue weighted by atomic mass is 10.1. The monoisotopic (exact) mass is 283 g/mol. The molecule has 98 valence electrons. The van der Waals surface area contributed by atoms with Gasteiger partial charge in [0.1, 0.15) is 6.54 Å². The minimum atomic E-state index is -4.26. The normalized spacial score (nSPS) is 11.1. The lowest BCUT2D eigenvalue weighted by Gasteiger charge is -2.05. The van der Waals surface area contributed by atoms with Crippen LogP contribution in [0.15, 0.2) is 29.6 Å². The molecule has 7 heteroatoms. The number of benzene rings is 1. The predicted octanol–water partition coefficient (Wildman–Crippen LogP) is 3.66. The molecule has 3 nitrogen and oxygen atoms in total. The molecule has 0 amide bonds. The van der Waals surface area contributed by atoms with Crippen LogP contribution in [-0.2, 0) is 0 Å². The number of nitriles is 1. The Kier molecular flexibility index (Phi) is 3.71. The van der Waals surface area contributed by atoms with Crippen LogP contribution in [0.1, 0.15) is 5.56 Å². The smallest absolute Gasteiger partial charge is 0.352 e. The van der Waals surface area contributed by atoms with Gasteiger partial charge in [-0.25, -0.2) is 4.98 Å². The van der Waals surface area contributed by atoms with Gasteiger partial charge < -0.3 is 5.32 Å². The average Bonchev–Trinajstić information content (AvgIpc) is 2.84. The molecule has 1 aromatic heterocycles. The molecule has 19 heavy (non-hydrogen) atoms. The third-order valence-electron chi connectivity index (χ3n) is 2.25. The van der Waals surface area contributed by atoms with E-state index in [9.17, 15) is 13.2 Å². The van der Waals surface area contributed by atoms with Gasteiger partial charge in [0.15, 0.2) is 5.13 Å². The lowest BCUT2D eigenvalue weighted by molar-refractivity contribution is -0.115. The molecule has 0 unspecified atom stereocenters. The second kappa shape index (κ2) is 5.28. The topological polar surface area (TPSA) is 48.7 Å². The van der Waals surface area contributed by atoms with Crippen molar-refractivity contribution in [3.05, 3.63) is 35.2 Å². The fraction of sp³-hybridized carbons (Fsp3) is 0.167. The molecular formula is C12H8F3N3S. The standard InChI is InChI=1S/C12H8F3N3S/c13-12(14,15)7-17-11-18-10(6-19-11)9-3-1-8(5-16)2-4-9/h1-4,6H,7H2,(H,17,18). The van der Waals surface area contributed by atoms with E-state index >= 15 is 0 Å². The highest BCUT2D eigenvalue weighted by Gasteiger charge is 2.27. The number of alkyl halides is 3. The largest absolute Gasteiger partial charge is 0.405 e. The molecule has 0 aliphatic rings. The number of halogens is 3. The summed E-state index contributed by atoms with van der Waals surface area (Å²) in [5, 5.41) is 12.8. The van der Waals surface area contributed by atoms with E-state index in [0.29, 0.717) is 11.3 Å². The predicted molar refractivity (Wildman–Crippen MR) is 66.8 cm³/mol. The van der Waals surface area contributed by atoms with Gasteiger partial charge >= 0.3 is 6.18 Å². The van der Waals surface area contributed by atoms with Crippen molar-refractivity contribution in [2.24, 2.45) is 0 Å². The number of hydrogen-bond donors (Lipinski definition) is 1. The van der Waals surface area contributed by atoms with Crippen LogP contribution in [0, 0.1) is 11.3 Å². The second-order valence-electron chi connectivity index (χ2n) is 3.70. The second-order valence-corrected chi connectivity index (χ2v) is 4.55. The number of rotatable bonds is 3. The highest BCUT2D eigenvalue weighted by Crippen LogP contribution is 2.26. The maximum absolute atomic E-state index is 12.0. The zero-order valence-electron chi connectivity index (χ0n) is 9.53. The maximum atomic E-state index is 12.0. The van der Waals surface area contributed by atoms with Gasteiger partial charge in [-0.1, -0.05) is 12.1 Å². The zero-order chi connectivity index (χ0) is 13.9. The summed E-state index contributed by atoms with van der Waals surface area (Å²) in [5.41, 5.74) is 1.86. The Morgan fingerprint density at radius 2 is 1.95 bits per heavy atom. The number of anilines is 1. The molecule has 0 radical (unpaired) electrons. The van der Waals surface area contributed by atoms with Gasteiger partial charge in [-0.15, -0.1) is 11.3 Å². The van der Waals surface area contributed by atoms with Gasteiger partial charge in [0.25, 0.3) is 0 Å². The summed E-state index contributed by atoms with van der Waals surface area (Å²) < 4.78 is 36.1. The number of hydrogen-bond acceptors (Lipinski definition) is 4. The van der Waals surface area contributed by atoms with Crippen LogP contribution in [-0.4, -0.2) is 17.7 Å². The lowest BCUT2D eigenvalue weighted by Crippen LogP contribution is -2.21. The van der Waals surface area contributed by atoms with Crippen molar-refractivity contribution in [2.45, 2.75) is 6.18 Å². The van der Waals surface area contributed by atoms with Crippen LogP contribution in [0.3, 0.4) is 0 Å². The summed E-state index contributed by atoms with van der Waals surface area (Å²) in [4.78, 5) is 4.06. The molecule has 0 fully saturated rings. The van der Waals surface area contributed by atoms with Crippen LogP contribution >= 0.6 is 11.3 Å². The van der Waals surface area contributed by atoms with E-state index in [2.05, 4.69) is 10.3 Å². The van der Waals surface area contributed by atoms with E-state index in [1.807, 2.05) is 6.07 Å². The van der Waals surface area contributed by atoms with E-state index in [4.69, 9.17) is 5.26 Å². The fourth-order valence-electron chi connectivity index (χ4n) is 1.38. The summed E-state index contributed by atoms with van der Waals surface area (Å²) in [6.07, 6.45) is -4.26. The minimum Gasteiger partial charge on any atom is -0.352 e. The quantitative estimate of drug-likeness (QED) is 0.935. The number of nitrogens with zero attached hydrogens (tertiary/aromatic N) is 2. The van der Waals surface area contributed by atoms with Crippen LogP contribution in [0.2, 0.25) is 0 Å². The molecular weight excluding hydrogens is 275 g/mol. The van der Waals surface area contributed by atoms with E-state index in [1.165, 1.54) is 0 Å². The Hall–Kier alpha value is -2.07. The molecule has 0 spiro atoms. The first-order chi connectivity index (χ1) is 8.98. The van der Waals surface area contributed by atoms with Gasteiger partial charge in [-0.2, -0.15) is 18.4 Å². The summed E-state index contributed by atoms with van der Waals surface area (Å²) in [6.45, 7) is -1.10. The molecule has 1 N–H and O–H groups in total. The van der Waals surface area contributed by atoms with Gasteiger partial charge in [0.2, 0.25) is 0 Å². The first-order valence-corrected chi connectivity index (χ1v) is 6.12. The highest BCUT2D eigenvalue weighted by atomic mass is 32.1. The molecule has 1 heterocycles. The van der Waals surface area contributed by atoms with Crippen LogP contribution in [0.25, 0.3) is 11.3 Å². The molecule has 0 aliphatic heterocycles. The van der Waals surface area contributed by atoms with Crippen molar-refractivity contribution in [3.63, 3.8) is 0 Å². The molecule has 0 aliphatic carbocycles. The van der Waals surface area contributed by atoms with Gasteiger partial charge in [-0.3, -0.25) is 0 Å². The van der Waals surface area contributed by atoms with Crippen molar-refractivity contribution >= 4 is 16.5 Å². The Morgan fingerprint density at radius 1 is 1.26 bits per heavy atom. The van der Waals surface area contributed by atoms with Gasteiger partial charge in [0, 0.05) is 10.9 Å². The number of nitrogens with one attached hydrogen (secondary N) is 1. The number of aromatic nitrogens is 1. The molecule has 2 aromatic rings. The first-order valence-electron chi connectivity index (χ1n) is 5.24. The Morgan fingerprint density at radius 3 is 2.53 bits per heavy atom. The van der Waals surface area contributed by atoms with Crippen LogP contribution < -0.4 is 5.32 Å². The SMILES string of the molecule is N#Cc1ccc(-c2csc(NCC(F)(F)F)n2)cc1. The number of thiazole rings is 1.